The minimum atomic E-state index is -0.249. The first-order valence-corrected chi connectivity index (χ1v) is 10.8. The quantitative estimate of drug-likeness (QED) is 0.827. The van der Waals surface area contributed by atoms with E-state index in [-0.39, 0.29) is 22.4 Å². The van der Waals surface area contributed by atoms with Crippen molar-refractivity contribution in [2.45, 2.75) is 64.1 Å². The smallest absolute Gasteiger partial charge is 0.267 e. The molecular weight excluding hydrogens is 346 g/mol. The number of carbonyl (C=O) groups excluding carboxylic acids is 1. The lowest BCUT2D eigenvalue weighted by molar-refractivity contribution is -0.142. The Bertz CT molecular complexity index is 830. The summed E-state index contributed by atoms with van der Waals surface area (Å²) in [7, 11) is 0. The van der Waals surface area contributed by atoms with E-state index in [9.17, 15) is 9.59 Å². The van der Waals surface area contributed by atoms with Gasteiger partial charge in [0.1, 0.15) is 5.56 Å². The van der Waals surface area contributed by atoms with Crippen molar-refractivity contribution in [3.8, 4) is 0 Å². The van der Waals surface area contributed by atoms with Gasteiger partial charge >= 0.3 is 0 Å². The zero-order valence-corrected chi connectivity index (χ0v) is 16.5. The van der Waals surface area contributed by atoms with Crippen molar-refractivity contribution in [1.82, 2.24) is 14.9 Å². The Labute approximate surface area is 158 Å². The highest BCUT2D eigenvalue weighted by atomic mass is 32.2. The van der Waals surface area contributed by atoms with Crippen LogP contribution in [0, 0.1) is 22.2 Å². The molecule has 0 aromatic carbocycles. The van der Waals surface area contributed by atoms with Crippen molar-refractivity contribution in [1.29, 1.82) is 0 Å². The van der Waals surface area contributed by atoms with Crippen LogP contribution in [0.3, 0.4) is 0 Å². The van der Waals surface area contributed by atoms with Crippen molar-refractivity contribution in [3.05, 3.63) is 22.1 Å². The van der Waals surface area contributed by atoms with E-state index >= 15 is 0 Å². The molecule has 4 bridgehead atoms. The lowest BCUT2D eigenvalue weighted by atomic mass is 9.40. The number of carbonyl (C=O) groups is 1. The predicted octanol–water partition coefficient (Wildman–Crippen LogP) is 3.08. The number of fused-ring (bicyclic) bond motifs is 1. The molecule has 1 aliphatic heterocycles. The second kappa shape index (κ2) is 5.37. The van der Waals surface area contributed by atoms with Crippen LogP contribution in [-0.4, -0.2) is 27.8 Å². The Balaban J connectivity index is 1.35. The van der Waals surface area contributed by atoms with Gasteiger partial charge in [-0.3, -0.25) is 14.2 Å². The van der Waals surface area contributed by atoms with Gasteiger partial charge in [0.15, 0.2) is 5.16 Å². The fourth-order valence-corrected chi connectivity index (χ4v) is 8.33. The maximum atomic E-state index is 12.7. The van der Waals surface area contributed by atoms with Crippen LogP contribution in [0.25, 0.3) is 0 Å². The second-order valence-corrected chi connectivity index (χ2v) is 11.1. The summed E-state index contributed by atoms with van der Waals surface area (Å²) in [4.78, 5) is 29.6. The molecule has 0 radical (unpaired) electrons. The maximum absolute atomic E-state index is 12.7. The molecule has 0 saturated heterocycles. The molecule has 1 aromatic heterocycles. The number of nitrogens with zero attached hydrogens (tertiary/aromatic N) is 2. The molecule has 0 unspecified atom stereocenters. The third-order valence-electron chi connectivity index (χ3n) is 7.17. The molecule has 5 nitrogen and oxygen atoms in total. The van der Waals surface area contributed by atoms with E-state index in [1.807, 2.05) is 0 Å². The van der Waals surface area contributed by atoms with Crippen molar-refractivity contribution in [2.75, 3.05) is 12.3 Å². The molecule has 4 fully saturated rings. The fourth-order valence-electron chi connectivity index (χ4n) is 7.42. The minimum absolute atomic E-state index is 0.193. The molecule has 1 N–H and O–H groups in total. The Morgan fingerprint density at radius 2 is 2.00 bits per heavy atom. The number of amides is 1. The number of hydrogen-bond acceptors (Lipinski definition) is 4. The second-order valence-electron chi connectivity index (χ2n) is 10.1. The molecule has 0 spiro atoms. The van der Waals surface area contributed by atoms with Crippen LogP contribution in [-0.2, 0) is 6.54 Å². The van der Waals surface area contributed by atoms with Gasteiger partial charge in [-0.15, -0.1) is 0 Å². The molecule has 26 heavy (non-hydrogen) atoms. The van der Waals surface area contributed by atoms with Crippen LogP contribution in [0.5, 0.6) is 0 Å². The van der Waals surface area contributed by atoms with E-state index in [2.05, 4.69) is 24.1 Å². The summed E-state index contributed by atoms with van der Waals surface area (Å²) < 4.78 is 1.63. The summed E-state index contributed by atoms with van der Waals surface area (Å²) in [6.07, 6.45) is 9.16. The van der Waals surface area contributed by atoms with Crippen molar-refractivity contribution in [3.63, 3.8) is 0 Å². The third kappa shape index (κ3) is 2.55. The lowest BCUT2D eigenvalue weighted by Gasteiger charge is -2.65. The molecule has 2 atom stereocenters. The van der Waals surface area contributed by atoms with Gasteiger partial charge in [0.2, 0.25) is 0 Å². The zero-order valence-electron chi connectivity index (χ0n) is 15.6. The van der Waals surface area contributed by atoms with Gasteiger partial charge in [0, 0.05) is 25.0 Å². The normalized spacial score (nSPS) is 39.8. The van der Waals surface area contributed by atoms with Gasteiger partial charge < -0.3 is 5.32 Å². The van der Waals surface area contributed by atoms with Gasteiger partial charge in [0.25, 0.3) is 11.5 Å². The summed E-state index contributed by atoms with van der Waals surface area (Å²) >= 11 is 1.57. The van der Waals surface area contributed by atoms with E-state index in [1.165, 1.54) is 44.7 Å². The zero-order chi connectivity index (χ0) is 18.2. The predicted molar refractivity (Wildman–Crippen MR) is 101 cm³/mol. The molecule has 6 heteroatoms. The number of rotatable bonds is 3. The Kier molecular flexibility index (Phi) is 3.48. The number of aromatic nitrogens is 2. The molecule has 6 rings (SSSR count). The molecular formula is C20H27N3O2S. The van der Waals surface area contributed by atoms with E-state index in [0.29, 0.717) is 23.9 Å². The van der Waals surface area contributed by atoms with Gasteiger partial charge in [-0.05, 0) is 60.7 Å². The van der Waals surface area contributed by atoms with Gasteiger partial charge in [-0.1, -0.05) is 25.6 Å². The average molecular weight is 374 g/mol. The first-order chi connectivity index (χ1) is 12.3. The molecule has 4 saturated carbocycles. The van der Waals surface area contributed by atoms with Gasteiger partial charge in [0.05, 0.1) is 0 Å². The van der Waals surface area contributed by atoms with Crippen LogP contribution >= 0.6 is 11.8 Å². The molecule has 1 amide bonds. The highest BCUT2D eigenvalue weighted by Crippen LogP contribution is 2.69. The highest BCUT2D eigenvalue weighted by molar-refractivity contribution is 7.99. The van der Waals surface area contributed by atoms with Crippen molar-refractivity contribution >= 4 is 17.7 Å². The first kappa shape index (κ1) is 16.8. The van der Waals surface area contributed by atoms with E-state index in [0.717, 1.165) is 16.8 Å². The Morgan fingerprint density at radius 1 is 1.27 bits per heavy atom. The molecule has 140 valence electrons. The van der Waals surface area contributed by atoms with Crippen LogP contribution in [0.15, 0.2) is 16.1 Å². The lowest BCUT2D eigenvalue weighted by Crippen LogP contribution is -2.58. The summed E-state index contributed by atoms with van der Waals surface area (Å²) in [5, 5.41) is 3.85. The number of hydrogen-bond donors (Lipinski definition) is 1. The van der Waals surface area contributed by atoms with Gasteiger partial charge in [-0.25, -0.2) is 4.98 Å². The van der Waals surface area contributed by atoms with Crippen molar-refractivity contribution < 1.29 is 4.79 Å². The Morgan fingerprint density at radius 3 is 2.69 bits per heavy atom. The van der Waals surface area contributed by atoms with Crippen LogP contribution in [0.1, 0.15) is 62.7 Å². The summed E-state index contributed by atoms with van der Waals surface area (Å²) in [5.74, 6) is 1.41. The Hall–Kier alpha value is -1.30. The van der Waals surface area contributed by atoms with Crippen molar-refractivity contribution in [2.24, 2.45) is 22.2 Å². The van der Waals surface area contributed by atoms with Crippen LogP contribution < -0.4 is 10.9 Å². The molecule has 5 aliphatic rings. The fraction of sp³-hybridized carbons (Fsp3) is 0.750. The van der Waals surface area contributed by atoms with E-state index in [1.54, 1.807) is 16.3 Å². The topological polar surface area (TPSA) is 64.0 Å². The van der Waals surface area contributed by atoms with Crippen LogP contribution in [0.2, 0.25) is 0 Å². The van der Waals surface area contributed by atoms with Crippen LogP contribution in [0.4, 0.5) is 0 Å². The molecule has 2 heterocycles. The molecule has 4 aliphatic carbocycles. The first-order valence-electron chi connectivity index (χ1n) is 9.80. The van der Waals surface area contributed by atoms with E-state index in [4.69, 9.17) is 0 Å². The summed E-state index contributed by atoms with van der Waals surface area (Å²) in [5.41, 5.74) is 1.09. The molecule has 1 aromatic rings. The highest BCUT2D eigenvalue weighted by Gasteiger charge is 2.59. The largest absolute Gasteiger partial charge is 0.351 e. The number of thioether (sulfide) groups is 1. The van der Waals surface area contributed by atoms with E-state index < -0.39 is 0 Å². The summed E-state index contributed by atoms with van der Waals surface area (Å²) in [6.45, 7) is 6.24. The summed E-state index contributed by atoms with van der Waals surface area (Å²) in [6, 6.07) is 0. The average Bonchev–Trinajstić information content (AvgIpc) is 2.99. The third-order valence-corrected chi connectivity index (χ3v) is 8.14. The minimum Gasteiger partial charge on any atom is -0.351 e. The van der Waals surface area contributed by atoms with Gasteiger partial charge in [-0.2, -0.15) is 0 Å². The number of nitrogens with one attached hydrogen (secondary N) is 1. The maximum Gasteiger partial charge on any atom is 0.267 e. The monoisotopic (exact) mass is 373 g/mol. The SMILES string of the molecule is C[C@]12CC3CC(CNC(=O)c4cnc5n(c4=O)CCS5)(C1)C[C@](C)(C3)C2. The standard InChI is InChI=1S/C20H27N3O2S/c1-18-5-13-6-19(2,9-18)11-20(7-13,10-18)12-22-15(24)14-8-21-17-23(16(14)25)3-4-26-17/h8,13H,3-7,9-12H2,1-2H3,(H,22,24)/t13?,18-,19-,20?/m1/s1.